The van der Waals surface area contributed by atoms with Gasteiger partial charge in [0.2, 0.25) is 0 Å². The van der Waals surface area contributed by atoms with Gasteiger partial charge in [0.1, 0.15) is 0 Å². The lowest BCUT2D eigenvalue weighted by atomic mass is 9.89. The van der Waals surface area contributed by atoms with Crippen LogP contribution in [0.25, 0.3) is 10.4 Å². The molecule has 0 N–H and O–H groups in total. The maximum Gasteiger partial charge on any atom is 0.0440 e. The van der Waals surface area contributed by atoms with Gasteiger partial charge in [-0.05, 0) is 24.3 Å². The lowest BCUT2D eigenvalue weighted by Crippen LogP contribution is -2.02. The van der Waals surface area contributed by atoms with Crippen LogP contribution in [0, 0.1) is 5.92 Å². The topological polar surface area (TPSA) is 48.8 Å². The summed E-state index contributed by atoms with van der Waals surface area (Å²) in [5.41, 5.74) is 8.03. The molecular formula is C9H15N3. The first-order valence-electron chi connectivity index (χ1n) is 4.61. The molecule has 0 aromatic rings. The average molecular weight is 165 g/mol. The molecule has 0 unspecified atom stereocenters. The Hall–Kier alpha value is -0.950. The fourth-order valence-electron chi connectivity index (χ4n) is 1.66. The van der Waals surface area contributed by atoms with Crippen molar-refractivity contribution in [1.29, 1.82) is 0 Å². The third-order valence-electron chi connectivity index (χ3n) is 2.31. The molecule has 1 aliphatic rings. The van der Waals surface area contributed by atoms with Gasteiger partial charge in [0.05, 0.1) is 0 Å². The maximum atomic E-state index is 8.03. The second kappa shape index (κ2) is 5.67. The first-order chi connectivity index (χ1) is 5.93. The monoisotopic (exact) mass is 165 g/mol. The van der Waals surface area contributed by atoms with Crippen LogP contribution in [0.15, 0.2) is 17.3 Å². The highest BCUT2D eigenvalue weighted by Gasteiger charge is 2.08. The molecule has 0 aromatic heterocycles. The molecule has 1 saturated carbocycles. The Bertz CT molecular complexity index is 186. The molecule has 3 nitrogen and oxygen atoms in total. The van der Waals surface area contributed by atoms with Crippen LogP contribution in [-0.2, 0) is 0 Å². The summed E-state index contributed by atoms with van der Waals surface area (Å²) in [5.74, 6) is 0.743. The number of azide groups is 1. The largest absolute Gasteiger partial charge is 0.0899 e. The van der Waals surface area contributed by atoms with Crippen molar-refractivity contribution in [1.82, 2.24) is 0 Å². The Balaban J connectivity index is 2.19. The minimum absolute atomic E-state index is 0.507. The van der Waals surface area contributed by atoms with Gasteiger partial charge in [0.25, 0.3) is 0 Å². The number of allylic oxidation sites excluding steroid dienone is 1. The van der Waals surface area contributed by atoms with Crippen LogP contribution < -0.4 is 0 Å². The van der Waals surface area contributed by atoms with Gasteiger partial charge in [0, 0.05) is 11.5 Å². The van der Waals surface area contributed by atoms with Crippen LogP contribution in [0.5, 0.6) is 0 Å². The van der Waals surface area contributed by atoms with Gasteiger partial charge in [-0.3, -0.25) is 0 Å². The first-order valence-corrected chi connectivity index (χ1v) is 4.61. The lowest BCUT2D eigenvalue weighted by Gasteiger charge is -2.17. The summed E-state index contributed by atoms with van der Waals surface area (Å²) in [6.07, 6.45) is 10.9. The molecule has 0 heterocycles. The van der Waals surface area contributed by atoms with E-state index in [1.807, 2.05) is 6.08 Å². The molecule has 12 heavy (non-hydrogen) atoms. The predicted molar refractivity (Wildman–Crippen MR) is 49.7 cm³/mol. The molecular weight excluding hydrogens is 150 g/mol. The second-order valence-corrected chi connectivity index (χ2v) is 3.24. The van der Waals surface area contributed by atoms with Gasteiger partial charge in [-0.25, -0.2) is 0 Å². The van der Waals surface area contributed by atoms with Crippen LogP contribution in [0.4, 0.5) is 0 Å². The average Bonchev–Trinajstić information content (AvgIpc) is 2.14. The van der Waals surface area contributed by atoms with Gasteiger partial charge in [-0.2, -0.15) is 0 Å². The Morgan fingerprint density at radius 2 is 2.08 bits per heavy atom. The van der Waals surface area contributed by atoms with Crippen LogP contribution in [-0.4, -0.2) is 6.54 Å². The highest BCUT2D eigenvalue weighted by Crippen LogP contribution is 2.24. The Kier molecular flexibility index (Phi) is 4.32. The highest BCUT2D eigenvalue weighted by molar-refractivity contribution is 4.91. The smallest absolute Gasteiger partial charge is 0.0440 e. The number of rotatable bonds is 3. The fourth-order valence-corrected chi connectivity index (χ4v) is 1.66. The molecule has 0 aliphatic heterocycles. The molecule has 1 rings (SSSR count). The fraction of sp³-hybridized carbons (Fsp3) is 0.778. The summed E-state index contributed by atoms with van der Waals surface area (Å²) in [5, 5.41) is 3.45. The van der Waals surface area contributed by atoms with Crippen molar-refractivity contribution in [3.63, 3.8) is 0 Å². The third-order valence-corrected chi connectivity index (χ3v) is 2.31. The van der Waals surface area contributed by atoms with E-state index in [-0.39, 0.29) is 0 Å². The first kappa shape index (κ1) is 9.14. The van der Waals surface area contributed by atoms with E-state index in [1.165, 1.54) is 32.1 Å². The van der Waals surface area contributed by atoms with Crippen LogP contribution in [0.2, 0.25) is 0 Å². The molecule has 0 bridgehead atoms. The molecule has 0 amide bonds. The standard InChI is InChI=1S/C9H15N3/c10-12-11-8-4-7-9-5-2-1-3-6-9/h4,7,9H,1-3,5-6,8H2/b7-4+. The van der Waals surface area contributed by atoms with Gasteiger partial charge in [-0.15, -0.1) is 0 Å². The minimum Gasteiger partial charge on any atom is -0.0899 e. The van der Waals surface area contributed by atoms with E-state index in [1.54, 1.807) is 0 Å². The van der Waals surface area contributed by atoms with E-state index in [0.29, 0.717) is 6.54 Å². The van der Waals surface area contributed by atoms with Crippen molar-refractivity contribution in [3.8, 4) is 0 Å². The Labute approximate surface area is 73.1 Å². The molecule has 1 aliphatic carbocycles. The van der Waals surface area contributed by atoms with Gasteiger partial charge >= 0.3 is 0 Å². The molecule has 3 heteroatoms. The van der Waals surface area contributed by atoms with Crippen LogP contribution in [0.3, 0.4) is 0 Å². The van der Waals surface area contributed by atoms with Crippen molar-refractivity contribution in [2.24, 2.45) is 11.0 Å². The van der Waals surface area contributed by atoms with Gasteiger partial charge < -0.3 is 0 Å². The maximum absolute atomic E-state index is 8.03. The molecule has 0 aromatic carbocycles. The summed E-state index contributed by atoms with van der Waals surface area (Å²) in [6.45, 7) is 0.507. The van der Waals surface area contributed by atoms with Crippen molar-refractivity contribution < 1.29 is 0 Å². The summed E-state index contributed by atoms with van der Waals surface area (Å²) in [6, 6.07) is 0. The number of hydrogen-bond donors (Lipinski definition) is 0. The summed E-state index contributed by atoms with van der Waals surface area (Å²) in [7, 11) is 0. The number of nitrogens with zero attached hydrogens (tertiary/aromatic N) is 3. The highest BCUT2D eigenvalue weighted by atomic mass is 15.1. The summed E-state index contributed by atoms with van der Waals surface area (Å²) < 4.78 is 0. The predicted octanol–water partition coefficient (Wildman–Crippen LogP) is 3.43. The van der Waals surface area contributed by atoms with Crippen molar-refractivity contribution in [3.05, 3.63) is 22.6 Å². The Morgan fingerprint density at radius 3 is 2.75 bits per heavy atom. The SMILES string of the molecule is [N-]=[N+]=NC/C=C/C1CCCCC1. The normalized spacial score (nSPS) is 19.3. The minimum atomic E-state index is 0.507. The van der Waals surface area contributed by atoms with E-state index in [0.717, 1.165) is 5.92 Å². The van der Waals surface area contributed by atoms with Crippen molar-refractivity contribution in [2.75, 3.05) is 6.54 Å². The lowest BCUT2D eigenvalue weighted by molar-refractivity contribution is 0.419. The van der Waals surface area contributed by atoms with E-state index < -0.39 is 0 Å². The van der Waals surface area contributed by atoms with Crippen molar-refractivity contribution >= 4 is 0 Å². The Morgan fingerprint density at radius 1 is 1.33 bits per heavy atom. The zero-order valence-electron chi connectivity index (χ0n) is 7.32. The molecule has 0 saturated heterocycles. The van der Waals surface area contributed by atoms with Crippen molar-refractivity contribution in [2.45, 2.75) is 32.1 Å². The van der Waals surface area contributed by atoms with Gasteiger partial charge in [-0.1, -0.05) is 36.5 Å². The third kappa shape index (κ3) is 3.44. The second-order valence-electron chi connectivity index (χ2n) is 3.24. The van der Waals surface area contributed by atoms with Gasteiger partial charge in [0.15, 0.2) is 0 Å². The van der Waals surface area contributed by atoms with E-state index in [2.05, 4.69) is 16.1 Å². The molecule has 0 spiro atoms. The zero-order chi connectivity index (χ0) is 8.65. The molecule has 0 radical (unpaired) electrons. The van der Waals surface area contributed by atoms with E-state index in [4.69, 9.17) is 5.53 Å². The zero-order valence-corrected chi connectivity index (χ0v) is 7.32. The number of hydrogen-bond acceptors (Lipinski definition) is 1. The molecule has 1 fully saturated rings. The molecule has 0 atom stereocenters. The quantitative estimate of drug-likeness (QED) is 0.266. The molecule has 66 valence electrons. The van der Waals surface area contributed by atoms with E-state index in [9.17, 15) is 0 Å². The van der Waals surface area contributed by atoms with Crippen LogP contribution in [0.1, 0.15) is 32.1 Å². The summed E-state index contributed by atoms with van der Waals surface area (Å²) in [4.78, 5) is 2.69. The van der Waals surface area contributed by atoms with Crippen LogP contribution >= 0.6 is 0 Å². The van der Waals surface area contributed by atoms with E-state index >= 15 is 0 Å². The summed E-state index contributed by atoms with van der Waals surface area (Å²) >= 11 is 0.